The highest BCUT2D eigenvalue weighted by Gasteiger charge is 2.22. The van der Waals surface area contributed by atoms with Crippen LogP contribution in [0, 0.1) is 0 Å². The Morgan fingerprint density at radius 1 is 1.41 bits per heavy atom. The van der Waals surface area contributed by atoms with Crippen LogP contribution in [0.2, 0.25) is 0 Å². The molecule has 1 heterocycles. The van der Waals surface area contributed by atoms with E-state index in [0.717, 1.165) is 22.1 Å². The van der Waals surface area contributed by atoms with Crippen LogP contribution in [0.15, 0.2) is 29.6 Å². The molecule has 0 unspecified atom stereocenters. The Balaban J connectivity index is 1.83. The zero-order valence-electron chi connectivity index (χ0n) is 9.64. The van der Waals surface area contributed by atoms with Crippen molar-refractivity contribution in [1.29, 1.82) is 0 Å². The number of aromatic nitrogens is 1. The quantitative estimate of drug-likeness (QED) is 0.897. The van der Waals surface area contributed by atoms with Crippen LogP contribution in [0.3, 0.4) is 0 Å². The molecule has 0 amide bonds. The zero-order valence-corrected chi connectivity index (χ0v) is 10.5. The Morgan fingerprint density at radius 3 is 3.06 bits per heavy atom. The molecule has 1 N–H and O–H groups in total. The molecule has 0 spiro atoms. The molecule has 17 heavy (non-hydrogen) atoms. The van der Waals surface area contributed by atoms with Crippen molar-refractivity contribution in [3.05, 3.63) is 29.6 Å². The van der Waals surface area contributed by atoms with Crippen LogP contribution in [0.4, 0.5) is 5.13 Å². The van der Waals surface area contributed by atoms with Gasteiger partial charge in [-0.3, -0.25) is 0 Å². The van der Waals surface area contributed by atoms with Crippen molar-refractivity contribution in [2.24, 2.45) is 0 Å². The number of thiazole rings is 1. The first-order valence-electron chi connectivity index (χ1n) is 5.71. The number of nitrogens with zero attached hydrogens (tertiary/aromatic N) is 1. The number of ether oxygens (including phenoxy) is 1. The molecule has 0 atom stereocenters. The number of methoxy groups -OCH3 is 1. The summed E-state index contributed by atoms with van der Waals surface area (Å²) in [4.78, 5) is 4.59. The number of nitrogens with one attached hydrogen (secondary N) is 1. The molecule has 1 saturated carbocycles. The van der Waals surface area contributed by atoms with Crippen molar-refractivity contribution in [3.63, 3.8) is 0 Å². The van der Waals surface area contributed by atoms with Crippen LogP contribution in [0.5, 0.6) is 5.75 Å². The van der Waals surface area contributed by atoms with Crippen LogP contribution < -0.4 is 10.1 Å². The maximum Gasteiger partial charge on any atom is 0.183 e. The molecule has 1 aliphatic rings. The molecule has 0 aliphatic heterocycles. The molecular formula is C13H14N2OS. The highest BCUT2D eigenvalue weighted by molar-refractivity contribution is 7.14. The Morgan fingerprint density at radius 2 is 2.29 bits per heavy atom. The Bertz CT molecular complexity index is 520. The predicted molar refractivity (Wildman–Crippen MR) is 70.7 cm³/mol. The molecule has 88 valence electrons. The molecule has 1 aromatic carbocycles. The summed E-state index contributed by atoms with van der Waals surface area (Å²) < 4.78 is 5.22. The van der Waals surface area contributed by atoms with Crippen molar-refractivity contribution in [3.8, 4) is 17.0 Å². The van der Waals surface area contributed by atoms with E-state index in [1.807, 2.05) is 18.2 Å². The summed E-state index contributed by atoms with van der Waals surface area (Å²) >= 11 is 1.66. The summed E-state index contributed by atoms with van der Waals surface area (Å²) in [5.74, 6) is 0.868. The van der Waals surface area contributed by atoms with E-state index in [1.165, 1.54) is 12.8 Å². The fourth-order valence-corrected chi connectivity index (χ4v) is 2.46. The second kappa shape index (κ2) is 4.37. The third kappa shape index (κ3) is 2.42. The van der Waals surface area contributed by atoms with Gasteiger partial charge in [0.15, 0.2) is 5.13 Å². The van der Waals surface area contributed by atoms with Crippen LogP contribution in [0.1, 0.15) is 12.8 Å². The lowest BCUT2D eigenvalue weighted by Gasteiger charge is -2.01. The molecule has 4 heteroatoms. The first-order valence-corrected chi connectivity index (χ1v) is 6.59. The Kier molecular flexibility index (Phi) is 2.73. The SMILES string of the molecule is COc1cccc(-c2csc(NC3CC3)n2)c1. The largest absolute Gasteiger partial charge is 0.497 e. The number of benzene rings is 1. The number of rotatable bonds is 4. The van der Waals surface area contributed by atoms with Gasteiger partial charge in [-0.15, -0.1) is 11.3 Å². The molecule has 1 fully saturated rings. The number of hydrogen-bond donors (Lipinski definition) is 1. The van der Waals surface area contributed by atoms with Crippen molar-refractivity contribution in [1.82, 2.24) is 4.98 Å². The highest BCUT2D eigenvalue weighted by Crippen LogP contribution is 2.30. The summed E-state index contributed by atoms with van der Waals surface area (Å²) in [5.41, 5.74) is 2.11. The van der Waals surface area contributed by atoms with E-state index in [2.05, 4.69) is 21.7 Å². The smallest absolute Gasteiger partial charge is 0.183 e. The van der Waals surface area contributed by atoms with Crippen molar-refractivity contribution in [2.75, 3.05) is 12.4 Å². The van der Waals surface area contributed by atoms with Gasteiger partial charge in [0.1, 0.15) is 5.75 Å². The Labute approximate surface area is 104 Å². The maximum absolute atomic E-state index is 5.22. The minimum atomic E-state index is 0.652. The monoisotopic (exact) mass is 246 g/mol. The summed E-state index contributed by atoms with van der Waals surface area (Å²) in [5, 5.41) is 6.51. The standard InChI is InChI=1S/C13H14N2OS/c1-16-11-4-2-3-9(7-11)12-8-17-13(15-12)14-10-5-6-10/h2-4,7-8,10H,5-6H2,1H3,(H,14,15). The van der Waals surface area contributed by atoms with E-state index >= 15 is 0 Å². The molecule has 1 aromatic heterocycles. The van der Waals surface area contributed by atoms with Crippen molar-refractivity contribution >= 4 is 16.5 Å². The van der Waals surface area contributed by atoms with E-state index in [9.17, 15) is 0 Å². The van der Waals surface area contributed by atoms with Gasteiger partial charge in [-0.05, 0) is 25.0 Å². The van der Waals surface area contributed by atoms with Crippen LogP contribution in [0.25, 0.3) is 11.3 Å². The number of anilines is 1. The van der Waals surface area contributed by atoms with Gasteiger partial charge in [0.2, 0.25) is 0 Å². The molecule has 2 aromatic rings. The third-order valence-electron chi connectivity index (χ3n) is 2.77. The molecule has 0 saturated heterocycles. The van der Waals surface area contributed by atoms with Crippen LogP contribution in [-0.2, 0) is 0 Å². The van der Waals surface area contributed by atoms with Gasteiger partial charge in [0.25, 0.3) is 0 Å². The average Bonchev–Trinajstić information content (AvgIpc) is 3.05. The fourth-order valence-electron chi connectivity index (χ4n) is 1.66. The van der Waals surface area contributed by atoms with Gasteiger partial charge in [-0.25, -0.2) is 4.98 Å². The lowest BCUT2D eigenvalue weighted by molar-refractivity contribution is 0.415. The van der Waals surface area contributed by atoms with Gasteiger partial charge in [-0.2, -0.15) is 0 Å². The van der Waals surface area contributed by atoms with E-state index in [-0.39, 0.29) is 0 Å². The number of hydrogen-bond acceptors (Lipinski definition) is 4. The highest BCUT2D eigenvalue weighted by atomic mass is 32.1. The first-order chi connectivity index (χ1) is 8.35. The molecule has 0 radical (unpaired) electrons. The van der Waals surface area contributed by atoms with Gasteiger partial charge in [0.05, 0.1) is 12.8 Å². The van der Waals surface area contributed by atoms with Crippen LogP contribution in [-0.4, -0.2) is 18.1 Å². The summed E-state index contributed by atoms with van der Waals surface area (Å²) in [6, 6.07) is 8.65. The van der Waals surface area contributed by atoms with Crippen molar-refractivity contribution < 1.29 is 4.74 Å². The van der Waals surface area contributed by atoms with Gasteiger partial charge >= 0.3 is 0 Å². The molecule has 3 rings (SSSR count). The first kappa shape index (κ1) is 10.6. The van der Waals surface area contributed by atoms with E-state index < -0.39 is 0 Å². The summed E-state index contributed by atoms with van der Waals surface area (Å²) in [6.45, 7) is 0. The van der Waals surface area contributed by atoms with Crippen LogP contribution >= 0.6 is 11.3 Å². The van der Waals surface area contributed by atoms with E-state index in [1.54, 1.807) is 18.4 Å². The minimum absolute atomic E-state index is 0.652. The zero-order chi connectivity index (χ0) is 11.7. The van der Waals surface area contributed by atoms with E-state index in [0.29, 0.717) is 6.04 Å². The topological polar surface area (TPSA) is 34.1 Å². The lowest BCUT2D eigenvalue weighted by atomic mass is 10.2. The molecule has 0 bridgehead atoms. The van der Waals surface area contributed by atoms with Crippen molar-refractivity contribution in [2.45, 2.75) is 18.9 Å². The third-order valence-corrected chi connectivity index (χ3v) is 3.55. The summed E-state index contributed by atoms with van der Waals surface area (Å²) in [6.07, 6.45) is 2.54. The van der Waals surface area contributed by atoms with E-state index in [4.69, 9.17) is 4.74 Å². The maximum atomic E-state index is 5.22. The van der Waals surface area contributed by atoms with Gasteiger partial charge in [-0.1, -0.05) is 12.1 Å². The lowest BCUT2D eigenvalue weighted by Crippen LogP contribution is -1.99. The van der Waals surface area contributed by atoms with Gasteiger partial charge in [0, 0.05) is 17.0 Å². The van der Waals surface area contributed by atoms with Gasteiger partial charge < -0.3 is 10.1 Å². The second-order valence-electron chi connectivity index (χ2n) is 4.19. The Hall–Kier alpha value is -1.55. The minimum Gasteiger partial charge on any atom is -0.497 e. The second-order valence-corrected chi connectivity index (χ2v) is 5.05. The molecule has 1 aliphatic carbocycles. The molecular weight excluding hydrogens is 232 g/mol. The fraction of sp³-hybridized carbons (Fsp3) is 0.308. The summed E-state index contributed by atoms with van der Waals surface area (Å²) in [7, 11) is 1.68. The average molecular weight is 246 g/mol. The molecule has 3 nitrogen and oxygen atoms in total. The predicted octanol–water partition coefficient (Wildman–Crippen LogP) is 3.39. The normalized spacial score (nSPS) is 14.6.